The van der Waals surface area contributed by atoms with E-state index >= 15 is 0 Å². The number of unbranched alkanes of at least 4 members (excludes halogenated alkanes) is 2. The van der Waals surface area contributed by atoms with Gasteiger partial charge in [-0.3, -0.25) is 0 Å². The third-order valence-electron chi connectivity index (χ3n) is 2.53. The van der Waals surface area contributed by atoms with Crippen LogP contribution in [0.2, 0.25) is 0 Å². The largest absolute Gasteiger partial charge is 0.127 e. The van der Waals surface area contributed by atoms with Crippen molar-refractivity contribution in [2.45, 2.75) is 38.0 Å². The molecule has 0 bridgehead atoms. The number of rotatable bonds is 6. The molecule has 0 nitrogen and oxygen atoms in total. The average molecular weight is 243 g/mol. The molecule has 1 aromatic carbocycles. The predicted octanol–water partition coefficient (Wildman–Crippen LogP) is 4.80. The maximum atomic E-state index is 5.63. The molecular weight excluding hydrogens is 224 g/mol. The zero-order valence-electron chi connectivity index (χ0n) is 9.55. The van der Waals surface area contributed by atoms with E-state index < -0.39 is 0 Å². The molecule has 15 heavy (non-hydrogen) atoms. The second kappa shape index (κ2) is 7.19. The number of thioether (sulfide) groups is 1. The molecule has 0 aliphatic carbocycles. The first-order valence-electron chi connectivity index (χ1n) is 5.50. The highest BCUT2D eigenvalue weighted by atomic mass is 35.5. The Hall–Kier alpha value is -0.140. The van der Waals surface area contributed by atoms with Crippen LogP contribution >= 0.6 is 23.4 Å². The molecule has 0 heterocycles. The number of hydrogen-bond donors (Lipinski definition) is 0. The van der Waals surface area contributed by atoms with Crippen LogP contribution in [0, 0.1) is 13.8 Å². The molecule has 0 atom stereocenters. The lowest BCUT2D eigenvalue weighted by atomic mass is 10.1. The van der Waals surface area contributed by atoms with E-state index in [9.17, 15) is 0 Å². The molecular formula is C13H19ClS. The topological polar surface area (TPSA) is 0 Å². The molecule has 0 aromatic heterocycles. The van der Waals surface area contributed by atoms with Gasteiger partial charge in [-0.1, -0.05) is 12.5 Å². The fourth-order valence-corrected chi connectivity index (χ4v) is 2.56. The zero-order chi connectivity index (χ0) is 11.1. The van der Waals surface area contributed by atoms with E-state index in [1.165, 1.54) is 34.6 Å². The highest BCUT2D eigenvalue weighted by Gasteiger charge is 1.97. The summed E-state index contributed by atoms with van der Waals surface area (Å²) in [5.41, 5.74) is 2.77. The van der Waals surface area contributed by atoms with Crippen LogP contribution in [0.15, 0.2) is 23.1 Å². The highest BCUT2D eigenvalue weighted by molar-refractivity contribution is 7.99. The summed E-state index contributed by atoms with van der Waals surface area (Å²) in [7, 11) is 0. The summed E-state index contributed by atoms with van der Waals surface area (Å²) >= 11 is 7.58. The minimum Gasteiger partial charge on any atom is -0.127 e. The number of hydrogen-bond acceptors (Lipinski definition) is 1. The third-order valence-corrected chi connectivity index (χ3v) is 3.87. The van der Waals surface area contributed by atoms with Gasteiger partial charge in [0.25, 0.3) is 0 Å². The Balaban J connectivity index is 2.28. The molecule has 0 radical (unpaired) electrons. The molecule has 0 saturated heterocycles. The van der Waals surface area contributed by atoms with Crippen molar-refractivity contribution >= 4 is 23.4 Å². The van der Waals surface area contributed by atoms with E-state index in [2.05, 4.69) is 32.0 Å². The molecule has 2 heteroatoms. The number of halogens is 1. The van der Waals surface area contributed by atoms with E-state index in [0.717, 1.165) is 12.3 Å². The van der Waals surface area contributed by atoms with Crippen molar-refractivity contribution in [3.05, 3.63) is 29.3 Å². The summed E-state index contributed by atoms with van der Waals surface area (Å²) < 4.78 is 0. The monoisotopic (exact) mass is 242 g/mol. The van der Waals surface area contributed by atoms with Gasteiger partial charge in [-0.2, -0.15) is 0 Å². The Labute approximate surface area is 102 Å². The van der Waals surface area contributed by atoms with Crippen molar-refractivity contribution in [2.24, 2.45) is 0 Å². The van der Waals surface area contributed by atoms with Gasteiger partial charge in [0.1, 0.15) is 0 Å². The Morgan fingerprint density at radius 3 is 2.53 bits per heavy atom. The molecule has 0 fully saturated rings. The summed E-state index contributed by atoms with van der Waals surface area (Å²) in [5, 5.41) is 0. The van der Waals surface area contributed by atoms with Gasteiger partial charge in [0.2, 0.25) is 0 Å². The molecule has 0 aliphatic rings. The first-order chi connectivity index (χ1) is 7.24. The van der Waals surface area contributed by atoms with Crippen LogP contribution in [0.4, 0.5) is 0 Å². The van der Waals surface area contributed by atoms with Crippen LogP contribution in [0.3, 0.4) is 0 Å². The second-order valence-corrected chi connectivity index (χ2v) is 5.39. The van der Waals surface area contributed by atoms with Crippen LogP contribution in [0.1, 0.15) is 30.4 Å². The first kappa shape index (κ1) is 12.9. The van der Waals surface area contributed by atoms with Crippen molar-refractivity contribution in [3.63, 3.8) is 0 Å². The van der Waals surface area contributed by atoms with E-state index in [1.807, 2.05) is 11.8 Å². The Bertz CT molecular complexity index is 297. The molecule has 84 valence electrons. The van der Waals surface area contributed by atoms with Crippen LogP contribution in [0.25, 0.3) is 0 Å². The smallest absolute Gasteiger partial charge is 0.0223 e. The average Bonchev–Trinajstić information content (AvgIpc) is 2.23. The lowest BCUT2D eigenvalue weighted by Crippen LogP contribution is -1.84. The van der Waals surface area contributed by atoms with Gasteiger partial charge in [-0.25, -0.2) is 0 Å². The van der Waals surface area contributed by atoms with Crippen molar-refractivity contribution in [2.75, 3.05) is 11.6 Å². The second-order valence-electron chi connectivity index (χ2n) is 3.84. The van der Waals surface area contributed by atoms with E-state index in [-0.39, 0.29) is 0 Å². The minimum atomic E-state index is 0.800. The standard InChI is InChI=1S/C13H19ClS/c1-11-6-7-13(10-12(11)2)15-9-5-3-4-8-14/h6-7,10H,3-5,8-9H2,1-2H3. The van der Waals surface area contributed by atoms with Gasteiger partial charge in [0, 0.05) is 10.8 Å². The summed E-state index contributed by atoms with van der Waals surface area (Å²) in [6.07, 6.45) is 3.67. The van der Waals surface area contributed by atoms with Crippen LogP contribution < -0.4 is 0 Å². The molecule has 1 aromatic rings. The van der Waals surface area contributed by atoms with Crippen molar-refractivity contribution < 1.29 is 0 Å². The van der Waals surface area contributed by atoms with Crippen LogP contribution in [-0.2, 0) is 0 Å². The Morgan fingerprint density at radius 2 is 1.87 bits per heavy atom. The fourth-order valence-electron chi connectivity index (χ4n) is 1.37. The van der Waals surface area contributed by atoms with E-state index in [0.29, 0.717) is 0 Å². The normalized spacial score (nSPS) is 10.6. The summed E-state index contributed by atoms with van der Waals surface area (Å²) in [5.74, 6) is 2.01. The highest BCUT2D eigenvalue weighted by Crippen LogP contribution is 2.22. The van der Waals surface area contributed by atoms with Gasteiger partial charge < -0.3 is 0 Å². The van der Waals surface area contributed by atoms with Gasteiger partial charge in [-0.05, 0) is 55.7 Å². The molecule has 0 unspecified atom stereocenters. The van der Waals surface area contributed by atoms with Crippen LogP contribution in [-0.4, -0.2) is 11.6 Å². The summed E-state index contributed by atoms with van der Waals surface area (Å²) in [6, 6.07) is 6.70. The van der Waals surface area contributed by atoms with Crippen LogP contribution in [0.5, 0.6) is 0 Å². The molecule has 0 spiro atoms. The summed E-state index contributed by atoms with van der Waals surface area (Å²) in [4.78, 5) is 1.39. The maximum Gasteiger partial charge on any atom is 0.0223 e. The van der Waals surface area contributed by atoms with Gasteiger partial charge in [-0.15, -0.1) is 23.4 Å². The Morgan fingerprint density at radius 1 is 1.07 bits per heavy atom. The number of alkyl halides is 1. The molecule has 0 N–H and O–H groups in total. The fraction of sp³-hybridized carbons (Fsp3) is 0.538. The van der Waals surface area contributed by atoms with Crippen molar-refractivity contribution in [1.29, 1.82) is 0 Å². The van der Waals surface area contributed by atoms with Gasteiger partial charge >= 0.3 is 0 Å². The summed E-state index contributed by atoms with van der Waals surface area (Å²) in [6.45, 7) is 4.33. The quantitative estimate of drug-likeness (QED) is 0.392. The first-order valence-corrected chi connectivity index (χ1v) is 7.02. The van der Waals surface area contributed by atoms with Crippen molar-refractivity contribution in [1.82, 2.24) is 0 Å². The molecule has 1 rings (SSSR count). The maximum absolute atomic E-state index is 5.63. The molecule has 0 aliphatic heterocycles. The Kier molecular flexibility index (Phi) is 6.19. The molecule has 0 amide bonds. The van der Waals surface area contributed by atoms with E-state index in [1.54, 1.807) is 0 Å². The predicted molar refractivity (Wildman–Crippen MR) is 71.2 cm³/mol. The van der Waals surface area contributed by atoms with Gasteiger partial charge in [0.15, 0.2) is 0 Å². The lowest BCUT2D eigenvalue weighted by Gasteiger charge is -2.04. The number of benzene rings is 1. The SMILES string of the molecule is Cc1ccc(SCCCCCCl)cc1C. The van der Waals surface area contributed by atoms with E-state index in [4.69, 9.17) is 11.6 Å². The van der Waals surface area contributed by atoms with Gasteiger partial charge in [0.05, 0.1) is 0 Å². The molecule has 0 saturated carbocycles. The zero-order valence-corrected chi connectivity index (χ0v) is 11.1. The lowest BCUT2D eigenvalue weighted by molar-refractivity contribution is 0.783. The number of aryl methyl sites for hydroxylation is 2. The minimum absolute atomic E-state index is 0.800. The van der Waals surface area contributed by atoms with Crippen molar-refractivity contribution in [3.8, 4) is 0 Å². The third kappa shape index (κ3) is 4.94.